The first-order valence-corrected chi connectivity index (χ1v) is 5.05. The summed E-state index contributed by atoms with van der Waals surface area (Å²) >= 11 is 0. The summed E-state index contributed by atoms with van der Waals surface area (Å²) in [5.41, 5.74) is 7.42. The van der Waals surface area contributed by atoms with Gasteiger partial charge in [0, 0.05) is 12.0 Å². The predicted molar refractivity (Wildman–Crippen MR) is 51.9 cm³/mol. The summed E-state index contributed by atoms with van der Waals surface area (Å²) in [6.07, 6.45) is 9.43. The third-order valence-corrected chi connectivity index (χ3v) is 3.23. The van der Waals surface area contributed by atoms with Gasteiger partial charge >= 0.3 is 0 Å². The van der Waals surface area contributed by atoms with E-state index in [2.05, 4.69) is 0 Å². The Morgan fingerprint density at radius 2 is 1.85 bits per heavy atom. The van der Waals surface area contributed by atoms with Crippen LogP contribution in [-0.2, 0) is 0 Å². The molecule has 0 aliphatic heterocycles. The van der Waals surface area contributed by atoms with E-state index < -0.39 is 0 Å². The van der Waals surface area contributed by atoms with Crippen molar-refractivity contribution in [2.24, 2.45) is 5.73 Å². The van der Waals surface area contributed by atoms with E-state index in [9.17, 15) is 4.39 Å². The molecule has 13 heavy (non-hydrogen) atoms. The van der Waals surface area contributed by atoms with E-state index in [0.717, 1.165) is 19.3 Å². The molecule has 2 heteroatoms. The smallest absolute Gasteiger partial charge is 0.100 e. The van der Waals surface area contributed by atoms with E-state index in [-0.39, 0.29) is 11.4 Å². The van der Waals surface area contributed by atoms with E-state index in [4.69, 9.17) is 5.73 Å². The molecule has 2 aliphatic rings. The molecule has 72 valence electrons. The third kappa shape index (κ3) is 1.68. The normalized spacial score (nSPS) is 26.9. The van der Waals surface area contributed by atoms with Crippen LogP contribution in [0.2, 0.25) is 0 Å². The van der Waals surface area contributed by atoms with E-state index in [1.165, 1.54) is 18.4 Å². The van der Waals surface area contributed by atoms with Gasteiger partial charge in [0.05, 0.1) is 0 Å². The molecule has 1 nitrogen and oxygen atoms in total. The maximum atomic E-state index is 12.7. The second-order valence-corrected chi connectivity index (χ2v) is 4.17. The monoisotopic (exact) mass is 181 g/mol. The number of halogens is 1. The number of hydrogen-bond acceptors (Lipinski definition) is 1. The minimum atomic E-state index is -0.1000. The van der Waals surface area contributed by atoms with Gasteiger partial charge in [0.1, 0.15) is 5.83 Å². The van der Waals surface area contributed by atoms with Crippen LogP contribution in [-0.4, -0.2) is 5.54 Å². The van der Waals surface area contributed by atoms with Crippen LogP contribution in [0.3, 0.4) is 0 Å². The Morgan fingerprint density at radius 3 is 2.38 bits per heavy atom. The van der Waals surface area contributed by atoms with E-state index in [0.29, 0.717) is 6.42 Å². The SMILES string of the molecule is NC1(C2=CC=C(F)CC2)CCCC1. The molecule has 0 aromatic heterocycles. The molecule has 0 spiro atoms. The van der Waals surface area contributed by atoms with Crippen LogP contribution in [0, 0.1) is 0 Å². The fourth-order valence-electron chi connectivity index (χ4n) is 2.35. The molecule has 2 aliphatic carbocycles. The zero-order valence-electron chi connectivity index (χ0n) is 7.85. The van der Waals surface area contributed by atoms with Gasteiger partial charge in [-0.25, -0.2) is 4.39 Å². The quantitative estimate of drug-likeness (QED) is 0.661. The van der Waals surface area contributed by atoms with Crippen molar-refractivity contribution in [2.45, 2.75) is 44.1 Å². The zero-order chi connectivity index (χ0) is 9.31. The van der Waals surface area contributed by atoms with Crippen LogP contribution in [0.5, 0.6) is 0 Å². The lowest BCUT2D eigenvalue weighted by molar-refractivity contribution is 0.480. The average molecular weight is 181 g/mol. The molecule has 0 aromatic carbocycles. The lowest BCUT2D eigenvalue weighted by Gasteiger charge is -2.28. The number of hydrogen-bond donors (Lipinski definition) is 1. The summed E-state index contributed by atoms with van der Waals surface area (Å²) in [7, 11) is 0. The second kappa shape index (κ2) is 3.26. The van der Waals surface area contributed by atoms with Gasteiger partial charge in [0.25, 0.3) is 0 Å². The van der Waals surface area contributed by atoms with E-state index in [1.54, 1.807) is 6.08 Å². The van der Waals surface area contributed by atoms with Gasteiger partial charge in [0.2, 0.25) is 0 Å². The molecule has 1 fully saturated rings. The highest BCUT2D eigenvalue weighted by Gasteiger charge is 2.33. The summed E-state index contributed by atoms with van der Waals surface area (Å²) < 4.78 is 12.7. The first-order chi connectivity index (χ1) is 6.21. The van der Waals surface area contributed by atoms with Crippen LogP contribution >= 0.6 is 0 Å². The van der Waals surface area contributed by atoms with Crippen molar-refractivity contribution in [1.82, 2.24) is 0 Å². The van der Waals surface area contributed by atoms with Crippen molar-refractivity contribution in [3.8, 4) is 0 Å². The number of allylic oxidation sites excluding steroid dienone is 3. The molecule has 2 N–H and O–H groups in total. The van der Waals surface area contributed by atoms with Crippen LogP contribution in [0.25, 0.3) is 0 Å². The molecule has 0 atom stereocenters. The molecule has 0 radical (unpaired) electrons. The molecule has 0 bridgehead atoms. The largest absolute Gasteiger partial charge is 0.322 e. The Balaban J connectivity index is 2.16. The van der Waals surface area contributed by atoms with Gasteiger partial charge < -0.3 is 5.73 Å². The fourth-order valence-corrected chi connectivity index (χ4v) is 2.35. The lowest BCUT2D eigenvalue weighted by atomic mass is 9.84. The van der Waals surface area contributed by atoms with Gasteiger partial charge in [-0.05, 0) is 30.9 Å². The van der Waals surface area contributed by atoms with Crippen molar-refractivity contribution in [2.75, 3.05) is 0 Å². The Labute approximate surface area is 78.5 Å². The first kappa shape index (κ1) is 8.95. The molecule has 2 rings (SSSR count). The molecule has 1 saturated carbocycles. The molecule has 0 amide bonds. The predicted octanol–water partition coefficient (Wildman–Crippen LogP) is 2.83. The molecule has 0 heterocycles. The van der Waals surface area contributed by atoms with Gasteiger partial charge in [0.15, 0.2) is 0 Å². The standard InChI is InChI=1S/C11H16FN/c12-10-5-3-9(4-6-10)11(13)7-1-2-8-11/h3,5H,1-2,4,6-8,13H2. The summed E-state index contributed by atoms with van der Waals surface area (Å²) in [4.78, 5) is 0. The van der Waals surface area contributed by atoms with Gasteiger partial charge in [-0.2, -0.15) is 0 Å². The summed E-state index contributed by atoms with van der Waals surface area (Å²) in [5, 5.41) is 0. The molecular formula is C11H16FN. The van der Waals surface area contributed by atoms with Crippen molar-refractivity contribution < 1.29 is 4.39 Å². The third-order valence-electron chi connectivity index (χ3n) is 3.23. The van der Waals surface area contributed by atoms with Crippen LogP contribution in [0.15, 0.2) is 23.6 Å². The Bertz CT molecular complexity index is 259. The summed E-state index contributed by atoms with van der Waals surface area (Å²) in [6.45, 7) is 0. The Kier molecular flexibility index (Phi) is 2.24. The maximum absolute atomic E-state index is 12.7. The topological polar surface area (TPSA) is 26.0 Å². The maximum Gasteiger partial charge on any atom is 0.100 e. The highest BCUT2D eigenvalue weighted by molar-refractivity contribution is 5.30. The number of nitrogens with two attached hydrogens (primary N) is 1. The van der Waals surface area contributed by atoms with Crippen molar-refractivity contribution in [3.63, 3.8) is 0 Å². The summed E-state index contributed by atoms with van der Waals surface area (Å²) in [6, 6.07) is 0. The van der Waals surface area contributed by atoms with Crippen molar-refractivity contribution in [1.29, 1.82) is 0 Å². The van der Waals surface area contributed by atoms with E-state index in [1.807, 2.05) is 6.08 Å². The molecule has 0 aromatic rings. The lowest BCUT2D eigenvalue weighted by Crippen LogP contribution is -2.38. The number of rotatable bonds is 1. The van der Waals surface area contributed by atoms with Crippen LogP contribution in [0.1, 0.15) is 38.5 Å². The highest BCUT2D eigenvalue weighted by Crippen LogP contribution is 2.37. The van der Waals surface area contributed by atoms with Crippen LogP contribution < -0.4 is 5.73 Å². The Morgan fingerprint density at radius 1 is 1.15 bits per heavy atom. The summed E-state index contributed by atoms with van der Waals surface area (Å²) in [5.74, 6) is -0.00894. The zero-order valence-corrected chi connectivity index (χ0v) is 7.85. The average Bonchev–Trinajstić information content (AvgIpc) is 2.54. The highest BCUT2D eigenvalue weighted by atomic mass is 19.1. The van der Waals surface area contributed by atoms with Gasteiger partial charge in [-0.3, -0.25) is 0 Å². The Hall–Kier alpha value is -0.630. The fraction of sp³-hybridized carbons (Fsp3) is 0.636. The van der Waals surface area contributed by atoms with Gasteiger partial charge in [-0.15, -0.1) is 0 Å². The minimum absolute atomic E-state index is 0.00894. The van der Waals surface area contributed by atoms with E-state index >= 15 is 0 Å². The van der Waals surface area contributed by atoms with Gasteiger partial charge in [-0.1, -0.05) is 18.9 Å². The van der Waals surface area contributed by atoms with Crippen LogP contribution in [0.4, 0.5) is 4.39 Å². The van der Waals surface area contributed by atoms with Crippen molar-refractivity contribution >= 4 is 0 Å². The first-order valence-electron chi connectivity index (χ1n) is 5.05. The molecule has 0 unspecified atom stereocenters. The second-order valence-electron chi connectivity index (χ2n) is 4.17. The molecule has 0 saturated heterocycles. The van der Waals surface area contributed by atoms with Crippen molar-refractivity contribution in [3.05, 3.63) is 23.6 Å². The molecular weight excluding hydrogens is 165 g/mol. The minimum Gasteiger partial charge on any atom is -0.322 e.